The first-order valence-electron chi connectivity index (χ1n) is 9.15. The summed E-state index contributed by atoms with van der Waals surface area (Å²) in [6.45, 7) is 8.72. The summed E-state index contributed by atoms with van der Waals surface area (Å²) >= 11 is 0. The molecule has 0 aliphatic heterocycles. The summed E-state index contributed by atoms with van der Waals surface area (Å²) in [5.41, 5.74) is 2.47. The van der Waals surface area contributed by atoms with E-state index in [0.717, 1.165) is 35.6 Å². The Bertz CT molecular complexity index is 931. The molecule has 0 saturated heterocycles. The van der Waals surface area contributed by atoms with Crippen molar-refractivity contribution in [1.82, 2.24) is 14.9 Å². The van der Waals surface area contributed by atoms with Gasteiger partial charge in [0, 0.05) is 12.1 Å². The maximum Gasteiger partial charge on any atom is 0.246 e. The topological polar surface area (TPSA) is 56.2 Å². The first-order valence-corrected chi connectivity index (χ1v) is 9.15. The summed E-state index contributed by atoms with van der Waals surface area (Å²) in [6.07, 6.45) is 0.837. The molecule has 1 amide bonds. The second kappa shape index (κ2) is 8.54. The van der Waals surface area contributed by atoms with E-state index in [0.29, 0.717) is 12.2 Å². The third kappa shape index (κ3) is 4.56. The van der Waals surface area contributed by atoms with Crippen LogP contribution in [0.5, 0.6) is 5.75 Å². The van der Waals surface area contributed by atoms with Gasteiger partial charge in [-0.15, -0.1) is 0 Å². The molecule has 1 unspecified atom stereocenters. The second-order valence-electron chi connectivity index (χ2n) is 6.60. The van der Waals surface area contributed by atoms with Gasteiger partial charge in [-0.05, 0) is 44.5 Å². The monoisotopic (exact) mass is 363 g/mol. The summed E-state index contributed by atoms with van der Waals surface area (Å²) in [7, 11) is 0. The van der Waals surface area contributed by atoms with E-state index in [1.165, 1.54) is 0 Å². The van der Waals surface area contributed by atoms with Crippen molar-refractivity contribution in [2.75, 3.05) is 6.61 Å². The van der Waals surface area contributed by atoms with Crippen molar-refractivity contribution >= 4 is 16.9 Å². The lowest BCUT2D eigenvalue weighted by Crippen LogP contribution is -2.29. The molecule has 1 N–H and O–H groups in total. The van der Waals surface area contributed by atoms with E-state index in [2.05, 4.69) is 22.5 Å². The summed E-state index contributed by atoms with van der Waals surface area (Å²) in [4.78, 5) is 16.7. The molecule has 0 aliphatic rings. The van der Waals surface area contributed by atoms with Crippen LogP contribution in [0.2, 0.25) is 0 Å². The minimum Gasteiger partial charge on any atom is -0.494 e. The van der Waals surface area contributed by atoms with E-state index in [9.17, 15) is 4.79 Å². The van der Waals surface area contributed by atoms with Gasteiger partial charge in [0.15, 0.2) is 0 Å². The molecular weight excluding hydrogens is 338 g/mol. The Balaban J connectivity index is 1.74. The zero-order valence-electron chi connectivity index (χ0n) is 15.8. The van der Waals surface area contributed by atoms with Gasteiger partial charge in [0.2, 0.25) is 5.91 Å². The van der Waals surface area contributed by atoms with Crippen LogP contribution in [0.25, 0.3) is 11.0 Å². The molecule has 0 bridgehead atoms. The Morgan fingerprint density at radius 1 is 1.19 bits per heavy atom. The molecule has 0 fully saturated rings. The number of imidazole rings is 1. The number of nitrogens with zero attached hydrogens (tertiary/aromatic N) is 2. The van der Waals surface area contributed by atoms with Crippen LogP contribution in [-0.4, -0.2) is 22.1 Å². The number of ether oxygens (including phenoxy) is 1. The van der Waals surface area contributed by atoms with Crippen molar-refractivity contribution in [3.05, 3.63) is 72.6 Å². The lowest BCUT2D eigenvalue weighted by Gasteiger charge is -2.16. The number of aryl methyl sites for hydroxylation is 1. The number of benzene rings is 2. The van der Waals surface area contributed by atoms with E-state index in [1.807, 2.05) is 55.5 Å². The quantitative estimate of drug-likeness (QED) is 0.481. The number of carbonyl (C=O) groups is 1. The number of hydrogen-bond donors (Lipinski definition) is 1. The molecule has 0 spiro atoms. The molecule has 3 rings (SSSR count). The highest BCUT2D eigenvalue weighted by molar-refractivity contribution is 5.92. The molecule has 1 heterocycles. The van der Waals surface area contributed by atoms with Crippen molar-refractivity contribution in [2.45, 2.75) is 32.9 Å². The highest BCUT2D eigenvalue weighted by Crippen LogP contribution is 2.21. The Kier molecular flexibility index (Phi) is 5.91. The number of nitrogens with one attached hydrogen (secondary N) is 1. The highest BCUT2D eigenvalue weighted by Gasteiger charge is 2.18. The first kappa shape index (κ1) is 18.7. The van der Waals surface area contributed by atoms with Crippen molar-refractivity contribution in [3.63, 3.8) is 0 Å². The van der Waals surface area contributed by atoms with Gasteiger partial charge in [0.25, 0.3) is 0 Å². The molecule has 1 aromatic heterocycles. The molecule has 5 heteroatoms. The van der Waals surface area contributed by atoms with E-state index in [1.54, 1.807) is 6.92 Å². The first-order chi connectivity index (χ1) is 13.1. The van der Waals surface area contributed by atoms with E-state index in [-0.39, 0.29) is 11.9 Å². The number of rotatable bonds is 8. The second-order valence-corrected chi connectivity index (χ2v) is 6.60. The zero-order chi connectivity index (χ0) is 19.2. The molecule has 3 aromatic rings. The molecular formula is C22H25N3O2. The fourth-order valence-corrected chi connectivity index (χ4v) is 2.97. The zero-order valence-corrected chi connectivity index (χ0v) is 15.8. The maximum atomic E-state index is 12.0. The van der Waals surface area contributed by atoms with Crippen LogP contribution in [0.15, 0.2) is 66.7 Å². The van der Waals surface area contributed by atoms with Crippen LogP contribution in [-0.2, 0) is 11.3 Å². The molecule has 140 valence electrons. The number of para-hydroxylation sites is 3. The summed E-state index contributed by atoms with van der Waals surface area (Å²) in [5, 5.41) is 2.96. The predicted molar refractivity (Wildman–Crippen MR) is 108 cm³/mol. The molecule has 0 aliphatic carbocycles. The van der Waals surface area contributed by atoms with Gasteiger partial charge in [-0.25, -0.2) is 4.98 Å². The van der Waals surface area contributed by atoms with Gasteiger partial charge in [0.05, 0.1) is 23.7 Å². The van der Waals surface area contributed by atoms with Crippen LogP contribution in [0.1, 0.15) is 32.1 Å². The Morgan fingerprint density at radius 2 is 1.89 bits per heavy atom. The van der Waals surface area contributed by atoms with Crippen LogP contribution in [0.3, 0.4) is 0 Å². The van der Waals surface area contributed by atoms with Gasteiger partial charge in [-0.3, -0.25) is 4.79 Å². The maximum absolute atomic E-state index is 12.0. The Labute approximate surface area is 159 Å². The SMILES string of the molecule is C=C(C)C(=O)NC(C)c1nc2ccccc2n1CCCOc1ccccc1. The molecule has 27 heavy (non-hydrogen) atoms. The van der Waals surface area contributed by atoms with Crippen molar-refractivity contribution in [2.24, 2.45) is 0 Å². The molecule has 1 atom stereocenters. The summed E-state index contributed by atoms with van der Waals surface area (Å²) in [6, 6.07) is 17.6. The third-order valence-electron chi connectivity index (χ3n) is 4.34. The number of amides is 1. The van der Waals surface area contributed by atoms with E-state index < -0.39 is 0 Å². The normalized spacial score (nSPS) is 11.9. The highest BCUT2D eigenvalue weighted by atomic mass is 16.5. The third-order valence-corrected chi connectivity index (χ3v) is 4.34. The molecule has 0 saturated carbocycles. The van der Waals surface area contributed by atoms with Crippen LogP contribution in [0, 0.1) is 0 Å². The number of fused-ring (bicyclic) bond motifs is 1. The largest absolute Gasteiger partial charge is 0.494 e. The Hall–Kier alpha value is -3.08. The number of hydrogen-bond acceptors (Lipinski definition) is 3. The molecule has 2 aromatic carbocycles. The van der Waals surface area contributed by atoms with E-state index in [4.69, 9.17) is 9.72 Å². The fourth-order valence-electron chi connectivity index (χ4n) is 2.97. The average molecular weight is 363 g/mol. The van der Waals surface area contributed by atoms with Crippen molar-refractivity contribution in [1.29, 1.82) is 0 Å². The van der Waals surface area contributed by atoms with Crippen LogP contribution in [0.4, 0.5) is 0 Å². The van der Waals surface area contributed by atoms with Crippen molar-refractivity contribution < 1.29 is 9.53 Å². The van der Waals surface area contributed by atoms with Crippen LogP contribution < -0.4 is 10.1 Å². The number of carbonyl (C=O) groups excluding carboxylic acids is 1. The molecule has 0 radical (unpaired) electrons. The fraction of sp³-hybridized carbons (Fsp3) is 0.273. The lowest BCUT2D eigenvalue weighted by atomic mass is 10.2. The van der Waals surface area contributed by atoms with Gasteiger partial charge >= 0.3 is 0 Å². The standard InChI is InChI=1S/C22H25N3O2/c1-16(2)22(26)23-17(3)21-24-19-12-7-8-13-20(19)25(21)14-9-15-27-18-10-5-4-6-11-18/h4-8,10-13,17H,1,9,14-15H2,2-3H3,(H,23,26). The summed E-state index contributed by atoms with van der Waals surface area (Å²) < 4.78 is 7.96. The van der Waals surface area contributed by atoms with Crippen molar-refractivity contribution in [3.8, 4) is 5.75 Å². The summed E-state index contributed by atoms with van der Waals surface area (Å²) in [5.74, 6) is 1.55. The van der Waals surface area contributed by atoms with Crippen LogP contribution >= 0.6 is 0 Å². The minimum absolute atomic E-state index is 0.159. The molecule has 5 nitrogen and oxygen atoms in total. The van der Waals surface area contributed by atoms with Gasteiger partial charge in [-0.2, -0.15) is 0 Å². The van der Waals surface area contributed by atoms with Gasteiger partial charge in [-0.1, -0.05) is 36.9 Å². The predicted octanol–water partition coefficient (Wildman–Crippen LogP) is 4.26. The van der Waals surface area contributed by atoms with Gasteiger partial charge < -0.3 is 14.6 Å². The average Bonchev–Trinajstić information content (AvgIpc) is 3.05. The van der Waals surface area contributed by atoms with E-state index >= 15 is 0 Å². The Morgan fingerprint density at radius 3 is 2.63 bits per heavy atom. The lowest BCUT2D eigenvalue weighted by molar-refractivity contribution is -0.118. The minimum atomic E-state index is -0.211. The number of aromatic nitrogens is 2. The smallest absolute Gasteiger partial charge is 0.246 e. The van der Waals surface area contributed by atoms with Gasteiger partial charge in [0.1, 0.15) is 11.6 Å².